The van der Waals surface area contributed by atoms with E-state index in [0.29, 0.717) is 6.54 Å². The monoisotopic (exact) mass is 418 g/mol. The number of hydrogen-bond donors (Lipinski definition) is 0. The Morgan fingerprint density at radius 2 is 2.03 bits per heavy atom. The standard InChI is InChI=1S/C21H18N6O2S/c28-27(29)18-11-16-14-25(9-6-20(16)22-12-18)21-23-13-19(30-21)10-15-2-4-17(5-3-15)26-8-1-7-24-26/h1-5,7-8,11-13H,6,9-10,14H2. The highest BCUT2D eigenvalue weighted by Crippen LogP contribution is 2.30. The van der Waals surface area contributed by atoms with Crippen LogP contribution in [-0.4, -0.2) is 31.2 Å². The fourth-order valence-electron chi connectivity index (χ4n) is 3.59. The molecule has 1 aliphatic heterocycles. The average Bonchev–Trinajstić information content (AvgIpc) is 3.46. The van der Waals surface area contributed by atoms with Crippen molar-refractivity contribution < 1.29 is 4.92 Å². The van der Waals surface area contributed by atoms with Crippen molar-refractivity contribution in [3.05, 3.63) is 93.0 Å². The summed E-state index contributed by atoms with van der Waals surface area (Å²) in [4.78, 5) is 22.9. The van der Waals surface area contributed by atoms with Gasteiger partial charge in [0.05, 0.1) is 10.6 Å². The maximum atomic E-state index is 11.0. The van der Waals surface area contributed by atoms with E-state index in [1.807, 2.05) is 23.1 Å². The molecule has 0 bridgehead atoms. The van der Waals surface area contributed by atoms with Gasteiger partial charge in [-0.25, -0.2) is 9.67 Å². The lowest BCUT2D eigenvalue weighted by molar-refractivity contribution is -0.385. The Kier molecular flexibility index (Phi) is 4.72. The van der Waals surface area contributed by atoms with Crippen LogP contribution in [0.4, 0.5) is 10.8 Å². The van der Waals surface area contributed by atoms with Gasteiger partial charge in [-0.15, -0.1) is 11.3 Å². The maximum Gasteiger partial charge on any atom is 0.287 e. The number of nitro groups is 1. The summed E-state index contributed by atoms with van der Waals surface area (Å²) in [5, 5.41) is 16.2. The van der Waals surface area contributed by atoms with Crippen molar-refractivity contribution in [3.8, 4) is 5.69 Å². The Labute approximate surface area is 176 Å². The van der Waals surface area contributed by atoms with E-state index in [4.69, 9.17) is 0 Å². The van der Waals surface area contributed by atoms with Crippen LogP contribution < -0.4 is 4.90 Å². The van der Waals surface area contributed by atoms with E-state index in [2.05, 4.69) is 44.2 Å². The van der Waals surface area contributed by atoms with Gasteiger partial charge in [0.25, 0.3) is 5.69 Å². The molecule has 0 saturated heterocycles. The quantitative estimate of drug-likeness (QED) is 0.362. The Bertz CT molecular complexity index is 1190. The fraction of sp³-hybridized carbons (Fsp3) is 0.190. The van der Waals surface area contributed by atoms with Crippen molar-refractivity contribution >= 4 is 22.2 Å². The fourth-order valence-corrected chi connectivity index (χ4v) is 4.56. The van der Waals surface area contributed by atoms with Gasteiger partial charge in [-0.05, 0) is 29.3 Å². The van der Waals surface area contributed by atoms with E-state index in [0.717, 1.165) is 41.5 Å². The van der Waals surface area contributed by atoms with Gasteiger partial charge in [0.2, 0.25) is 0 Å². The average molecular weight is 418 g/mol. The molecule has 0 amide bonds. The molecule has 30 heavy (non-hydrogen) atoms. The third-order valence-corrected chi connectivity index (χ3v) is 6.19. The lowest BCUT2D eigenvalue weighted by Crippen LogP contribution is -2.30. The van der Waals surface area contributed by atoms with E-state index in [1.54, 1.807) is 23.6 Å². The molecule has 0 fully saturated rings. The van der Waals surface area contributed by atoms with Gasteiger partial charge in [-0.2, -0.15) is 5.10 Å². The van der Waals surface area contributed by atoms with Crippen LogP contribution in [0.15, 0.2) is 61.2 Å². The summed E-state index contributed by atoms with van der Waals surface area (Å²) in [7, 11) is 0. The number of hydrogen-bond acceptors (Lipinski definition) is 7. The molecule has 4 heterocycles. The molecule has 150 valence electrons. The summed E-state index contributed by atoms with van der Waals surface area (Å²) in [6, 6.07) is 11.9. The lowest BCUT2D eigenvalue weighted by atomic mass is 10.1. The van der Waals surface area contributed by atoms with Gasteiger partial charge >= 0.3 is 0 Å². The highest BCUT2D eigenvalue weighted by atomic mass is 32.1. The third-order valence-electron chi connectivity index (χ3n) is 5.13. The van der Waals surface area contributed by atoms with Crippen LogP contribution >= 0.6 is 11.3 Å². The van der Waals surface area contributed by atoms with E-state index in [-0.39, 0.29) is 5.69 Å². The number of fused-ring (bicyclic) bond motifs is 1. The molecule has 0 radical (unpaired) electrons. The van der Waals surface area contributed by atoms with Gasteiger partial charge in [-0.3, -0.25) is 15.1 Å². The number of thiazole rings is 1. The van der Waals surface area contributed by atoms with E-state index in [1.165, 1.54) is 16.6 Å². The molecule has 0 aliphatic carbocycles. The number of aromatic nitrogens is 4. The number of rotatable bonds is 5. The molecule has 3 aromatic heterocycles. The molecule has 8 nitrogen and oxygen atoms in total. The van der Waals surface area contributed by atoms with Crippen LogP contribution in [0.2, 0.25) is 0 Å². The first kappa shape index (κ1) is 18.4. The number of pyridine rings is 1. The van der Waals surface area contributed by atoms with Crippen molar-refractivity contribution in [3.63, 3.8) is 0 Å². The van der Waals surface area contributed by atoms with E-state index in [9.17, 15) is 10.1 Å². The first-order valence-corrected chi connectivity index (χ1v) is 10.4. The predicted octanol–water partition coefficient (Wildman–Crippen LogP) is 3.79. The Hall–Kier alpha value is -3.59. The van der Waals surface area contributed by atoms with Gasteiger partial charge in [0.1, 0.15) is 6.20 Å². The van der Waals surface area contributed by atoms with Gasteiger partial charge in [-0.1, -0.05) is 12.1 Å². The molecule has 0 spiro atoms. The Balaban J connectivity index is 1.29. The summed E-state index contributed by atoms with van der Waals surface area (Å²) < 4.78 is 1.84. The third kappa shape index (κ3) is 3.67. The smallest absolute Gasteiger partial charge is 0.287 e. The molecule has 0 N–H and O–H groups in total. The lowest BCUT2D eigenvalue weighted by Gasteiger charge is -2.27. The highest BCUT2D eigenvalue weighted by Gasteiger charge is 2.22. The van der Waals surface area contributed by atoms with Gasteiger partial charge in [0.15, 0.2) is 5.13 Å². The second-order valence-corrected chi connectivity index (χ2v) is 8.22. The van der Waals surface area contributed by atoms with Crippen LogP contribution in [-0.2, 0) is 19.4 Å². The molecular weight excluding hydrogens is 400 g/mol. The maximum absolute atomic E-state index is 11.0. The molecule has 1 aliphatic rings. The van der Waals surface area contributed by atoms with Gasteiger partial charge < -0.3 is 4.90 Å². The second-order valence-electron chi connectivity index (χ2n) is 7.13. The van der Waals surface area contributed by atoms with Crippen LogP contribution in [0.25, 0.3) is 5.69 Å². The zero-order valence-corrected chi connectivity index (χ0v) is 16.8. The van der Waals surface area contributed by atoms with Crippen molar-refractivity contribution in [1.82, 2.24) is 19.7 Å². The first-order valence-electron chi connectivity index (χ1n) is 9.56. The molecular formula is C21H18N6O2S. The summed E-state index contributed by atoms with van der Waals surface area (Å²) in [5.41, 5.74) is 4.12. The van der Waals surface area contributed by atoms with Crippen molar-refractivity contribution in [2.75, 3.05) is 11.4 Å². The minimum Gasteiger partial charge on any atom is -0.343 e. The first-order chi connectivity index (χ1) is 14.7. The Morgan fingerprint density at radius 3 is 2.80 bits per heavy atom. The van der Waals surface area contributed by atoms with Crippen LogP contribution in [0, 0.1) is 10.1 Å². The zero-order chi connectivity index (χ0) is 20.5. The Morgan fingerprint density at radius 1 is 1.17 bits per heavy atom. The SMILES string of the molecule is O=[N+]([O-])c1cnc2c(c1)CN(c1ncc(Cc3ccc(-n4cccn4)cc3)s1)CC2. The van der Waals surface area contributed by atoms with E-state index < -0.39 is 4.92 Å². The summed E-state index contributed by atoms with van der Waals surface area (Å²) in [6.45, 7) is 1.40. The molecule has 5 rings (SSSR count). The molecule has 0 unspecified atom stereocenters. The highest BCUT2D eigenvalue weighted by molar-refractivity contribution is 7.15. The minimum absolute atomic E-state index is 0.0361. The summed E-state index contributed by atoms with van der Waals surface area (Å²) >= 11 is 1.66. The molecule has 9 heteroatoms. The molecule has 4 aromatic rings. The van der Waals surface area contributed by atoms with Crippen LogP contribution in [0.3, 0.4) is 0 Å². The van der Waals surface area contributed by atoms with Crippen molar-refractivity contribution in [2.24, 2.45) is 0 Å². The molecule has 1 aromatic carbocycles. The van der Waals surface area contributed by atoms with Crippen LogP contribution in [0.5, 0.6) is 0 Å². The molecule has 0 atom stereocenters. The van der Waals surface area contributed by atoms with Gasteiger partial charge in [0, 0.05) is 61.2 Å². The topological polar surface area (TPSA) is 90.0 Å². The largest absolute Gasteiger partial charge is 0.343 e. The summed E-state index contributed by atoms with van der Waals surface area (Å²) in [5.74, 6) is 0. The normalized spacial score (nSPS) is 13.3. The summed E-state index contributed by atoms with van der Waals surface area (Å²) in [6.07, 6.45) is 8.52. The second kappa shape index (κ2) is 7.68. The van der Waals surface area contributed by atoms with Crippen molar-refractivity contribution in [1.29, 1.82) is 0 Å². The van der Waals surface area contributed by atoms with Crippen LogP contribution in [0.1, 0.15) is 21.7 Å². The number of benzene rings is 1. The van der Waals surface area contributed by atoms with E-state index >= 15 is 0 Å². The zero-order valence-electron chi connectivity index (χ0n) is 16.0. The predicted molar refractivity (Wildman–Crippen MR) is 114 cm³/mol. The van der Waals surface area contributed by atoms with Crippen molar-refractivity contribution in [2.45, 2.75) is 19.4 Å². The number of anilines is 1. The minimum atomic E-state index is -0.397. The number of nitrogens with zero attached hydrogens (tertiary/aromatic N) is 6. The molecule has 0 saturated carbocycles.